The summed E-state index contributed by atoms with van der Waals surface area (Å²) in [6, 6.07) is 5.51. The van der Waals surface area contributed by atoms with Crippen molar-refractivity contribution in [3.63, 3.8) is 0 Å². The van der Waals surface area contributed by atoms with Crippen LogP contribution in [0.5, 0.6) is 0 Å². The smallest absolute Gasteiger partial charge is 0.261 e. The molecule has 0 bridgehead atoms. The first kappa shape index (κ1) is 21.1. The maximum Gasteiger partial charge on any atom is 0.261 e. The van der Waals surface area contributed by atoms with E-state index in [0.717, 1.165) is 12.0 Å². The minimum Gasteiger partial charge on any atom is -0.352 e. The van der Waals surface area contributed by atoms with Gasteiger partial charge in [0.15, 0.2) is 0 Å². The van der Waals surface area contributed by atoms with Gasteiger partial charge in [-0.05, 0) is 30.9 Å². The molecule has 7 heteroatoms. The number of fused-ring (bicyclic) bond motifs is 1. The molecule has 1 unspecified atom stereocenters. The number of nitrogens with two attached hydrogens (primary N) is 1. The van der Waals surface area contributed by atoms with Gasteiger partial charge in [0.25, 0.3) is 5.56 Å². The van der Waals surface area contributed by atoms with Crippen LogP contribution < -0.4 is 16.6 Å². The zero-order valence-corrected chi connectivity index (χ0v) is 15.8. The molecule has 3 N–H and O–H groups in total. The molecule has 0 saturated heterocycles. The number of carbonyl (C=O) groups is 1. The molecule has 0 spiro atoms. The van der Waals surface area contributed by atoms with Crippen molar-refractivity contribution in [2.75, 3.05) is 6.54 Å². The van der Waals surface area contributed by atoms with Crippen LogP contribution >= 0.6 is 12.4 Å². The number of halogens is 1. The third kappa shape index (κ3) is 5.54. The Bertz CT molecular complexity index is 773. The highest BCUT2D eigenvalue weighted by molar-refractivity contribution is 5.85. The quantitative estimate of drug-likeness (QED) is 0.784. The first-order chi connectivity index (χ1) is 11.4. The Balaban J connectivity index is 0.00000312. The summed E-state index contributed by atoms with van der Waals surface area (Å²) in [6.45, 7) is 6.84. The van der Waals surface area contributed by atoms with Gasteiger partial charge in [0, 0.05) is 25.6 Å². The average molecular weight is 367 g/mol. The van der Waals surface area contributed by atoms with Gasteiger partial charge in [-0.2, -0.15) is 0 Å². The number of rotatable bonds is 7. The second-order valence-corrected chi connectivity index (χ2v) is 6.59. The van der Waals surface area contributed by atoms with E-state index in [1.54, 1.807) is 6.07 Å². The monoisotopic (exact) mass is 366 g/mol. The van der Waals surface area contributed by atoms with Gasteiger partial charge >= 0.3 is 0 Å². The molecule has 138 valence electrons. The summed E-state index contributed by atoms with van der Waals surface area (Å²) in [5, 5.41) is 3.52. The van der Waals surface area contributed by atoms with Crippen molar-refractivity contribution in [3.05, 3.63) is 40.4 Å². The summed E-state index contributed by atoms with van der Waals surface area (Å²) in [7, 11) is 0. The zero-order valence-electron chi connectivity index (χ0n) is 15.0. The first-order valence-electron chi connectivity index (χ1n) is 8.36. The largest absolute Gasteiger partial charge is 0.352 e. The minimum atomic E-state index is -0.117. The number of nitrogens with one attached hydrogen (secondary N) is 1. The van der Waals surface area contributed by atoms with Gasteiger partial charge in [0.05, 0.1) is 17.2 Å². The van der Waals surface area contributed by atoms with Gasteiger partial charge in [0.2, 0.25) is 5.91 Å². The van der Waals surface area contributed by atoms with Gasteiger partial charge < -0.3 is 11.1 Å². The van der Waals surface area contributed by atoms with E-state index in [4.69, 9.17) is 5.73 Å². The van der Waals surface area contributed by atoms with Gasteiger partial charge in [-0.25, -0.2) is 4.98 Å². The molecule has 1 heterocycles. The molecule has 0 radical (unpaired) electrons. The first-order valence-corrected chi connectivity index (χ1v) is 8.36. The Kier molecular flexibility index (Phi) is 8.06. The number of amides is 1. The van der Waals surface area contributed by atoms with Crippen LogP contribution in [0.15, 0.2) is 29.3 Å². The van der Waals surface area contributed by atoms with Crippen LogP contribution in [-0.4, -0.2) is 28.0 Å². The second kappa shape index (κ2) is 9.53. The Morgan fingerprint density at radius 2 is 2.08 bits per heavy atom. The Labute approximate surface area is 154 Å². The maximum atomic E-state index is 12.5. The highest BCUT2D eigenvalue weighted by Crippen LogP contribution is 2.11. The lowest BCUT2D eigenvalue weighted by Crippen LogP contribution is -2.41. The van der Waals surface area contributed by atoms with Crippen LogP contribution in [0.4, 0.5) is 0 Å². The molecule has 6 nitrogen and oxygen atoms in total. The lowest BCUT2D eigenvalue weighted by molar-refractivity contribution is -0.122. The van der Waals surface area contributed by atoms with E-state index >= 15 is 0 Å². The number of nitrogens with zero attached hydrogens (tertiary/aromatic N) is 2. The highest BCUT2D eigenvalue weighted by atomic mass is 35.5. The molecule has 0 aliphatic carbocycles. The second-order valence-electron chi connectivity index (χ2n) is 6.59. The molecule has 25 heavy (non-hydrogen) atoms. The van der Waals surface area contributed by atoms with Crippen molar-refractivity contribution >= 4 is 29.2 Å². The maximum absolute atomic E-state index is 12.5. The predicted octanol–water partition coefficient (Wildman–Crippen LogP) is 2.01. The topological polar surface area (TPSA) is 90.0 Å². The lowest BCUT2D eigenvalue weighted by Gasteiger charge is -2.19. The third-order valence-corrected chi connectivity index (χ3v) is 4.04. The third-order valence-electron chi connectivity index (χ3n) is 4.04. The normalized spacial score (nSPS) is 12.0. The lowest BCUT2D eigenvalue weighted by atomic mass is 10.0. The summed E-state index contributed by atoms with van der Waals surface area (Å²) in [5.41, 5.74) is 7.26. The summed E-state index contributed by atoms with van der Waals surface area (Å²) < 4.78 is 1.49. The Morgan fingerprint density at radius 1 is 1.36 bits per heavy atom. The molecule has 2 rings (SSSR count). The van der Waals surface area contributed by atoms with E-state index in [9.17, 15) is 9.59 Å². The van der Waals surface area contributed by atoms with Gasteiger partial charge in [0.1, 0.15) is 0 Å². The summed E-state index contributed by atoms with van der Waals surface area (Å²) >= 11 is 0. The fraction of sp³-hybridized carbons (Fsp3) is 0.500. The molecule has 0 saturated carbocycles. The van der Waals surface area contributed by atoms with Gasteiger partial charge in [-0.15, -0.1) is 12.4 Å². The van der Waals surface area contributed by atoms with Crippen molar-refractivity contribution in [2.24, 2.45) is 11.7 Å². The van der Waals surface area contributed by atoms with E-state index in [1.165, 1.54) is 10.9 Å². The van der Waals surface area contributed by atoms with Crippen molar-refractivity contribution < 1.29 is 4.79 Å². The van der Waals surface area contributed by atoms with Crippen LogP contribution in [0, 0.1) is 12.8 Å². The molecule has 1 aromatic carbocycles. The van der Waals surface area contributed by atoms with Gasteiger partial charge in [-0.3, -0.25) is 14.2 Å². The molecule has 0 aliphatic rings. The highest BCUT2D eigenvalue weighted by Gasteiger charge is 2.13. The predicted molar refractivity (Wildman–Crippen MR) is 103 cm³/mol. The van der Waals surface area contributed by atoms with E-state index in [-0.39, 0.29) is 36.3 Å². The fourth-order valence-electron chi connectivity index (χ4n) is 2.80. The summed E-state index contributed by atoms with van der Waals surface area (Å²) in [4.78, 5) is 28.9. The van der Waals surface area contributed by atoms with Crippen LogP contribution in [0.1, 0.15) is 32.3 Å². The number of carbonyl (C=O) groups excluding carboxylic acids is 1. The fourth-order valence-corrected chi connectivity index (χ4v) is 2.80. The van der Waals surface area contributed by atoms with Crippen molar-refractivity contribution in [2.45, 2.75) is 46.2 Å². The average Bonchev–Trinajstić information content (AvgIpc) is 2.54. The zero-order chi connectivity index (χ0) is 17.7. The number of aryl methyl sites for hydroxylation is 2. The van der Waals surface area contributed by atoms with Crippen LogP contribution in [0.2, 0.25) is 0 Å². The Morgan fingerprint density at radius 3 is 2.72 bits per heavy atom. The van der Waals surface area contributed by atoms with Crippen LogP contribution in [0.3, 0.4) is 0 Å². The number of para-hydroxylation sites is 1. The number of benzene rings is 1. The summed E-state index contributed by atoms with van der Waals surface area (Å²) in [5.74, 6) is 0.372. The SMILES string of the molecule is Cc1cccc2c(=O)n(CCC(=O)NC(CN)CC(C)C)cnc12.Cl. The van der Waals surface area contributed by atoms with Crippen LogP contribution in [-0.2, 0) is 11.3 Å². The van der Waals surface area contributed by atoms with Gasteiger partial charge in [-0.1, -0.05) is 26.0 Å². The van der Waals surface area contributed by atoms with E-state index in [1.807, 2.05) is 19.1 Å². The molecular weight excluding hydrogens is 340 g/mol. The van der Waals surface area contributed by atoms with E-state index < -0.39 is 0 Å². The summed E-state index contributed by atoms with van der Waals surface area (Å²) in [6.07, 6.45) is 2.59. The number of aromatic nitrogens is 2. The van der Waals surface area contributed by atoms with Crippen molar-refractivity contribution in [1.29, 1.82) is 0 Å². The van der Waals surface area contributed by atoms with E-state index in [0.29, 0.717) is 29.9 Å². The standard InChI is InChI=1S/C18H26N4O2.ClH/c1-12(2)9-14(10-19)21-16(23)7-8-22-11-20-17-13(3)5-4-6-15(17)18(22)24;/h4-6,11-12,14H,7-10,19H2,1-3H3,(H,21,23);1H. The van der Waals surface area contributed by atoms with Crippen molar-refractivity contribution in [1.82, 2.24) is 14.9 Å². The molecule has 2 aromatic rings. The molecule has 0 aliphatic heterocycles. The molecule has 1 amide bonds. The number of hydrogen-bond donors (Lipinski definition) is 2. The minimum absolute atomic E-state index is 0. The van der Waals surface area contributed by atoms with Crippen molar-refractivity contribution in [3.8, 4) is 0 Å². The Hall–Kier alpha value is -1.92. The molecule has 0 fully saturated rings. The molecule has 1 aromatic heterocycles. The van der Waals surface area contributed by atoms with E-state index in [2.05, 4.69) is 24.1 Å². The number of hydrogen-bond acceptors (Lipinski definition) is 4. The molecule has 1 atom stereocenters. The molecular formula is C18H27ClN4O2. The van der Waals surface area contributed by atoms with Crippen LogP contribution in [0.25, 0.3) is 10.9 Å².